The van der Waals surface area contributed by atoms with Gasteiger partial charge in [0.1, 0.15) is 0 Å². The van der Waals surface area contributed by atoms with E-state index < -0.39 is 0 Å². The van der Waals surface area contributed by atoms with Crippen LogP contribution in [0, 0.1) is 0 Å². The molecule has 0 aliphatic heterocycles. The summed E-state index contributed by atoms with van der Waals surface area (Å²) >= 11 is 0. The number of rotatable bonds is 1. The van der Waals surface area contributed by atoms with Crippen molar-refractivity contribution in [1.29, 1.82) is 0 Å². The highest BCUT2D eigenvalue weighted by atomic mass is 14.7. The molecule has 0 radical (unpaired) electrons. The second kappa shape index (κ2) is 4.49. The molecule has 3 rings (SSSR count). The first kappa shape index (κ1) is 10.8. The van der Waals surface area contributed by atoms with Crippen LogP contribution in [0.4, 0.5) is 5.69 Å². The average Bonchev–Trinajstić information content (AvgIpc) is 2.64. The first-order chi connectivity index (χ1) is 8.84. The highest BCUT2D eigenvalue weighted by Gasteiger charge is 2.02. The molecular weight excluding hydrogens is 220 g/mol. The number of anilines is 1. The van der Waals surface area contributed by atoms with Crippen molar-refractivity contribution in [3.8, 4) is 11.3 Å². The van der Waals surface area contributed by atoms with Gasteiger partial charge < -0.3 is 5.73 Å². The molecule has 0 saturated heterocycles. The summed E-state index contributed by atoms with van der Waals surface area (Å²) in [4.78, 5) is 4.51. The molecule has 1 aromatic carbocycles. The van der Waals surface area contributed by atoms with Crippen molar-refractivity contribution in [2.24, 2.45) is 0 Å². The normalized spacial score (nSPS) is 13.1. The van der Waals surface area contributed by atoms with Crippen LogP contribution < -0.4 is 16.2 Å². The van der Waals surface area contributed by atoms with Crippen molar-refractivity contribution >= 4 is 17.8 Å². The zero-order valence-corrected chi connectivity index (χ0v) is 10.0. The lowest BCUT2D eigenvalue weighted by Crippen LogP contribution is -2.27. The molecular formula is C16H14N2. The van der Waals surface area contributed by atoms with Gasteiger partial charge in [-0.3, -0.25) is 4.98 Å². The number of nitrogen functional groups attached to an aromatic ring is 1. The van der Waals surface area contributed by atoms with Crippen LogP contribution in [0.2, 0.25) is 0 Å². The second-order valence-electron chi connectivity index (χ2n) is 4.32. The van der Waals surface area contributed by atoms with Crippen LogP contribution in [0.3, 0.4) is 0 Å². The zero-order valence-electron chi connectivity index (χ0n) is 10.0. The number of nitrogens with two attached hydrogens (primary N) is 1. The fourth-order valence-corrected chi connectivity index (χ4v) is 2.16. The van der Waals surface area contributed by atoms with Gasteiger partial charge in [0.25, 0.3) is 0 Å². The standard InChI is InChI=1S/C16H14N2/c17-14-8-6-13(7-9-14)16-15-5-3-1-2-4-12(15)10-11-18-16/h1-2,4-11H,3,17H2. The van der Waals surface area contributed by atoms with E-state index in [1.54, 1.807) is 0 Å². The molecule has 0 spiro atoms. The maximum absolute atomic E-state index is 5.72. The van der Waals surface area contributed by atoms with Crippen molar-refractivity contribution in [3.05, 3.63) is 59.1 Å². The summed E-state index contributed by atoms with van der Waals surface area (Å²) in [5, 5.41) is 2.41. The van der Waals surface area contributed by atoms with Crippen LogP contribution in [0.15, 0.2) is 48.7 Å². The number of allylic oxidation sites excluding steroid dienone is 2. The number of pyridine rings is 1. The zero-order chi connectivity index (χ0) is 12.4. The minimum atomic E-state index is 0.776. The number of hydrogen-bond donors (Lipinski definition) is 1. The third kappa shape index (κ3) is 1.93. The van der Waals surface area contributed by atoms with E-state index in [0.717, 1.165) is 23.4 Å². The fourth-order valence-electron chi connectivity index (χ4n) is 2.16. The minimum absolute atomic E-state index is 0.776. The Kier molecular flexibility index (Phi) is 2.69. The molecule has 2 heteroatoms. The largest absolute Gasteiger partial charge is 0.399 e. The molecule has 0 unspecified atom stereocenters. The molecule has 88 valence electrons. The van der Waals surface area contributed by atoms with Crippen molar-refractivity contribution in [1.82, 2.24) is 4.98 Å². The van der Waals surface area contributed by atoms with Crippen LogP contribution in [0.25, 0.3) is 23.4 Å². The Morgan fingerprint density at radius 2 is 1.89 bits per heavy atom. The van der Waals surface area contributed by atoms with Crippen molar-refractivity contribution < 1.29 is 0 Å². The number of aromatic nitrogens is 1. The van der Waals surface area contributed by atoms with E-state index in [2.05, 4.69) is 29.3 Å². The summed E-state index contributed by atoms with van der Waals surface area (Å²) in [7, 11) is 0. The van der Waals surface area contributed by atoms with E-state index in [1.807, 2.05) is 36.5 Å². The molecule has 0 atom stereocenters. The highest BCUT2D eigenvalue weighted by molar-refractivity contribution is 5.64. The summed E-state index contributed by atoms with van der Waals surface area (Å²) in [6.45, 7) is 0. The van der Waals surface area contributed by atoms with Gasteiger partial charge in [-0.15, -0.1) is 0 Å². The second-order valence-corrected chi connectivity index (χ2v) is 4.32. The molecule has 1 aliphatic rings. The topological polar surface area (TPSA) is 38.9 Å². The van der Waals surface area contributed by atoms with Crippen molar-refractivity contribution in [3.63, 3.8) is 0 Å². The SMILES string of the molecule is Nc1ccc(-c2nccc3c2=CCC=CC=3)cc1. The van der Waals surface area contributed by atoms with Gasteiger partial charge in [0.2, 0.25) is 0 Å². The van der Waals surface area contributed by atoms with Crippen LogP contribution in [-0.4, -0.2) is 4.98 Å². The van der Waals surface area contributed by atoms with Gasteiger partial charge >= 0.3 is 0 Å². The van der Waals surface area contributed by atoms with Crippen LogP contribution >= 0.6 is 0 Å². The maximum atomic E-state index is 5.72. The first-order valence-electron chi connectivity index (χ1n) is 6.02. The molecule has 1 aliphatic carbocycles. The van der Waals surface area contributed by atoms with Gasteiger partial charge in [0, 0.05) is 22.7 Å². The van der Waals surface area contributed by atoms with E-state index >= 15 is 0 Å². The molecule has 2 nitrogen and oxygen atoms in total. The molecule has 0 saturated carbocycles. The maximum Gasteiger partial charge on any atom is 0.0777 e. The molecule has 0 bridgehead atoms. The lowest BCUT2D eigenvalue weighted by atomic mass is 10.1. The monoisotopic (exact) mass is 234 g/mol. The summed E-state index contributed by atoms with van der Waals surface area (Å²) < 4.78 is 0. The molecule has 1 heterocycles. The third-order valence-corrected chi connectivity index (χ3v) is 3.08. The summed E-state index contributed by atoms with van der Waals surface area (Å²) in [6.07, 6.45) is 11.4. The number of hydrogen-bond acceptors (Lipinski definition) is 2. The van der Waals surface area contributed by atoms with Crippen LogP contribution in [0.5, 0.6) is 0 Å². The Morgan fingerprint density at radius 1 is 1.06 bits per heavy atom. The summed E-state index contributed by atoms with van der Waals surface area (Å²) in [5.74, 6) is 0. The lowest BCUT2D eigenvalue weighted by Gasteiger charge is -2.03. The number of nitrogens with zero attached hydrogens (tertiary/aromatic N) is 1. The minimum Gasteiger partial charge on any atom is -0.399 e. The van der Waals surface area contributed by atoms with Crippen molar-refractivity contribution in [2.45, 2.75) is 6.42 Å². The van der Waals surface area contributed by atoms with Crippen LogP contribution in [0.1, 0.15) is 6.42 Å². The molecule has 2 aromatic rings. The third-order valence-electron chi connectivity index (χ3n) is 3.08. The van der Waals surface area contributed by atoms with Gasteiger partial charge in [0.15, 0.2) is 0 Å². The molecule has 2 N–H and O–H groups in total. The Morgan fingerprint density at radius 3 is 2.72 bits per heavy atom. The Balaban J connectivity index is 2.27. The van der Waals surface area contributed by atoms with Gasteiger partial charge in [-0.2, -0.15) is 0 Å². The quantitative estimate of drug-likeness (QED) is 0.765. The Hall–Kier alpha value is -2.35. The van der Waals surface area contributed by atoms with E-state index in [1.165, 1.54) is 10.4 Å². The van der Waals surface area contributed by atoms with Gasteiger partial charge in [0.05, 0.1) is 5.69 Å². The highest BCUT2D eigenvalue weighted by Crippen LogP contribution is 2.14. The van der Waals surface area contributed by atoms with E-state index in [-0.39, 0.29) is 0 Å². The van der Waals surface area contributed by atoms with Gasteiger partial charge in [-0.25, -0.2) is 0 Å². The van der Waals surface area contributed by atoms with E-state index in [0.29, 0.717) is 0 Å². The van der Waals surface area contributed by atoms with E-state index in [4.69, 9.17) is 5.73 Å². The predicted octanol–water partition coefficient (Wildman–Crippen LogP) is 1.85. The first-order valence-corrected chi connectivity index (χ1v) is 6.02. The molecule has 0 amide bonds. The smallest absolute Gasteiger partial charge is 0.0777 e. The Labute approximate surface area is 106 Å². The average molecular weight is 234 g/mol. The summed E-state index contributed by atoms with van der Waals surface area (Å²) in [6, 6.07) is 9.90. The Bertz CT molecular complexity index is 710. The van der Waals surface area contributed by atoms with Crippen molar-refractivity contribution in [2.75, 3.05) is 5.73 Å². The number of benzene rings is 1. The summed E-state index contributed by atoms with van der Waals surface area (Å²) in [5.41, 5.74) is 8.62. The van der Waals surface area contributed by atoms with Crippen LogP contribution in [-0.2, 0) is 0 Å². The van der Waals surface area contributed by atoms with E-state index in [9.17, 15) is 0 Å². The number of fused-ring (bicyclic) bond motifs is 1. The lowest BCUT2D eigenvalue weighted by molar-refractivity contribution is 1.27. The molecule has 18 heavy (non-hydrogen) atoms. The predicted molar refractivity (Wildman–Crippen MR) is 76.0 cm³/mol. The molecule has 1 aromatic heterocycles. The van der Waals surface area contributed by atoms with Gasteiger partial charge in [-0.05, 0) is 29.8 Å². The fraction of sp³-hybridized carbons (Fsp3) is 0.0625. The molecule has 0 fully saturated rings. The van der Waals surface area contributed by atoms with Gasteiger partial charge in [-0.1, -0.05) is 36.4 Å².